The van der Waals surface area contributed by atoms with Crippen LogP contribution in [0.5, 0.6) is 0 Å². The molecule has 0 saturated heterocycles. The first-order chi connectivity index (χ1) is 9.69. The minimum atomic E-state index is -0.338. The van der Waals surface area contributed by atoms with Gasteiger partial charge in [0.15, 0.2) is 0 Å². The van der Waals surface area contributed by atoms with Crippen LogP contribution in [0.2, 0.25) is 0 Å². The predicted molar refractivity (Wildman–Crippen MR) is 76.6 cm³/mol. The molecule has 0 aliphatic carbocycles. The zero-order chi connectivity index (χ0) is 14.8. The van der Waals surface area contributed by atoms with Crippen LogP contribution in [-0.4, -0.2) is 24.1 Å². The monoisotopic (exact) mass is 278 g/mol. The fraction of sp³-hybridized carbons (Fsp3) is 0.467. The second kappa shape index (κ2) is 9.09. The highest BCUT2D eigenvalue weighted by Gasteiger charge is 2.08. The quantitative estimate of drug-likeness (QED) is 0.387. The molecule has 1 aromatic rings. The van der Waals surface area contributed by atoms with Gasteiger partial charge in [0.25, 0.3) is 5.91 Å². The molecule has 0 bridgehead atoms. The van der Waals surface area contributed by atoms with Crippen molar-refractivity contribution in [1.82, 2.24) is 10.8 Å². The van der Waals surface area contributed by atoms with Crippen molar-refractivity contribution in [3.63, 3.8) is 0 Å². The lowest BCUT2D eigenvalue weighted by atomic mass is 10.00. The molecule has 0 saturated carbocycles. The summed E-state index contributed by atoms with van der Waals surface area (Å²) in [5.41, 5.74) is 3.41. The van der Waals surface area contributed by atoms with E-state index in [2.05, 4.69) is 5.32 Å². The van der Waals surface area contributed by atoms with Gasteiger partial charge in [0, 0.05) is 19.0 Å². The summed E-state index contributed by atoms with van der Waals surface area (Å²) in [7, 11) is 1.63. The van der Waals surface area contributed by atoms with Crippen molar-refractivity contribution in [2.45, 2.75) is 38.5 Å². The third kappa shape index (κ3) is 5.40. The molecular formula is C15H22N2O3. The molecule has 1 rings (SSSR count). The number of carbonyl (C=O) groups excluding carboxylic acids is 2. The van der Waals surface area contributed by atoms with Crippen LogP contribution in [0.4, 0.5) is 0 Å². The van der Waals surface area contributed by atoms with Gasteiger partial charge in [0.05, 0.1) is 0 Å². The predicted octanol–water partition coefficient (Wildman–Crippen LogP) is 2.04. The smallest absolute Gasteiger partial charge is 0.251 e. The minimum absolute atomic E-state index is 0.0554. The van der Waals surface area contributed by atoms with Crippen molar-refractivity contribution < 1.29 is 14.8 Å². The topological polar surface area (TPSA) is 78.4 Å². The van der Waals surface area contributed by atoms with Gasteiger partial charge in [-0.2, -0.15) is 0 Å². The number of hydrogen-bond acceptors (Lipinski definition) is 3. The van der Waals surface area contributed by atoms with Crippen molar-refractivity contribution in [2.75, 3.05) is 7.05 Å². The summed E-state index contributed by atoms with van der Waals surface area (Å²) in [6, 6.07) is 7.61. The summed E-state index contributed by atoms with van der Waals surface area (Å²) in [6.45, 7) is 0. The largest absolute Gasteiger partial charge is 0.355 e. The number of aryl methyl sites for hydroxylation is 1. The van der Waals surface area contributed by atoms with Crippen molar-refractivity contribution in [1.29, 1.82) is 0 Å². The summed E-state index contributed by atoms with van der Waals surface area (Å²) in [6.07, 6.45) is 4.90. The van der Waals surface area contributed by atoms with Gasteiger partial charge < -0.3 is 5.32 Å². The van der Waals surface area contributed by atoms with Crippen molar-refractivity contribution in [3.8, 4) is 0 Å². The van der Waals surface area contributed by atoms with Gasteiger partial charge in [0.1, 0.15) is 0 Å². The fourth-order valence-corrected chi connectivity index (χ4v) is 2.10. The van der Waals surface area contributed by atoms with E-state index in [9.17, 15) is 9.59 Å². The lowest BCUT2D eigenvalue weighted by Crippen LogP contribution is -2.19. The lowest BCUT2D eigenvalue weighted by Gasteiger charge is -2.08. The number of rotatable bonds is 8. The highest BCUT2D eigenvalue weighted by atomic mass is 16.5. The molecule has 20 heavy (non-hydrogen) atoms. The molecule has 0 radical (unpaired) electrons. The number of nitrogens with one attached hydrogen (secondary N) is 2. The number of benzene rings is 1. The van der Waals surface area contributed by atoms with Gasteiger partial charge in [-0.15, -0.1) is 0 Å². The molecule has 0 fully saturated rings. The minimum Gasteiger partial charge on any atom is -0.355 e. The lowest BCUT2D eigenvalue weighted by molar-refractivity contribution is -0.129. The fourth-order valence-electron chi connectivity index (χ4n) is 2.10. The van der Waals surface area contributed by atoms with Gasteiger partial charge in [-0.25, -0.2) is 5.48 Å². The normalized spacial score (nSPS) is 10.1. The third-order valence-electron chi connectivity index (χ3n) is 3.21. The van der Waals surface area contributed by atoms with Crippen LogP contribution >= 0.6 is 0 Å². The Morgan fingerprint density at radius 2 is 1.80 bits per heavy atom. The second-order valence-electron chi connectivity index (χ2n) is 4.69. The van der Waals surface area contributed by atoms with Gasteiger partial charge >= 0.3 is 0 Å². The molecule has 0 spiro atoms. The Balaban J connectivity index is 2.32. The Kier molecular flexibility index (Phi) is 7.35. The standard InChI is InChI=1S/C15H22N2O3/c1-16-15(19)13-10-7-6-9-12(13)8-4-2-3-5-11-14(18)17-20/h6-7,9-10,20H,2-5,8,11H2,1H3,(H,16,19)(H,17,18). The van der Waals surface area contributed by atoms with E-state index in [1.807, 2.05) is 24.3 Å². The van der Waals surface area contributed by atoms with Crippen LogP contribution in [-0.2, 0) is 11.2 Å². The first-order valence-corrected chi connectivity index (χ1v) is 6.92. The first-order valence-electron chi connectivity index (χ1n) is 6.92. The van der Waals surface area contributed by atoms with E-state index in [0.717, 1.165) is 43.2 Å². The maximum atomic E-state index is 11.7. The van der Waals surface area contributed by atoms with Gasteiger partial charge in [-0.3, -0.25) is 14.8 Å². The summed E-state index contributed by atoms with van der Waals surface area (Å²) >= 11 is 0. The zero-order valence-corrected chi connectivity index (χ0v) is 11.8. The van der Waals surface area contributed by atoms with E-state index in [4.69, 9.17) is 5.21 Å². The molecule has 5 heteroatoms. The summed E-state index contributed by atoms with van der Waals surface area (Å²) in [5.74, 6) is -0.393. The van der Waals surface area contributed by atoms with Crippen LogP contribution in [0.1, 0.15) is 48.0 Å². The van der Waals surface area contributed by atoms with Crippen LogP contribution < -0.4 is 10.8 Å². The average Bonchev–Trinajstić information content (AvgIpc) is 2.50. The van der Waals surface area contributed by atoms with E-state index < -0.39 is 0 Å². The Bertz CT molecular complexity index is 446. The van der Waals surface area contributed by atoms with E-state index in [-0.39, 0.29) is 11.8 Å². The second-order valence-corrected chi connectivity index (χ2v) is 4.69. The Hall–Kier alpha value is -1.88. The molecule has 0 unspecified atom stereocenters. The van der Waals surface area contributed by atoms with Crippen molar-refractivity contribution in [3.05, 3.63) is 35.4 Å². The highest BCUT2D eigenvalue weighted by Crippen LogP contribution is 2.13. The summed E-state index contributed by atoms with van der Waals surface area (Å²) in [4.78, 5) is 22.5. The Labute approximate surface area is 119 Å². The zero-order valence-electron chi connectivity index (χ0n) is 11.8. The van der Waals surface area contributed by atoms with Crippen LogP contribution in [0.25, 0.3) is 0 Å². The maximum Gasteiger partial charge on any atom is 0.251 e. The van der Waals surface area contributed by atoms with E-state index in [1.54, 1.807) is 12.5 Å². The number of carbonyl (C=O) groups is 2. The third-order valence-corrected chi connectivity index (χ3v) is 3.21. The van der Waals surface area contributed by atoms with E-state index in [1.165, 1.54) is 0 Å². The van der Waals surface area contributed by atoms with Crippen LogP contribution in [0.15, 0.2) is 24.3 Å². The van der Waals surface area contributed by atoms with Gasteiger partial charge in [0.2, 0.25) is 5.91 Å². The molecule has 0 aliphatic heterocycles. The molecule has 3 N–H and O–H groups in total. The molecule has 0 atom stereocenters. The SMILES string of the molecule is CNC(=O)c1ccccc1CCCCCCC(=O)NO. The number of hydroxylamine groups is 1. The van der Waals surface area contributed by atoms with Crippen molar-refractivity contribution in [2.24, 2.45) is 0 Å². The van der Waals surface area contributed by atoms with Crippen molar-refractivity contribution >= 4 is 11.8 Å². The number of amides is 2. The van der Waals surface area contributed by atoms with Crippen LogP contribution in [0.3, 0.4) is 0 Å². The molecular weight excluding hydrogens is 256 g/mol. The Morgan fingerprint density at radius 1 is 1.10 bits per heavy atom. The molecule has 2 amide bonds. The maximum absolute atomic E-state index is 11.7. The molecule has 0 aliphatic rings. The Morgan fingerprint density at radius 3 is 2.50 bits per heavy atom. The van der Waals surface area contributed by atoms with E-state index in [0.29, 0.717) is 6.42 Å². The number of hydrogen-bond donors (Lipinski definition) is 3. The van der Waals surface area contributed by atoms with Crippen LogP contribution in [0, 0.1) is 0 Å². The molecule has 110 valence electrons. The highest BCUT2D eigenvalue weighted by molar-refractivity contribution is 5.95. The molecule has 5 nitrogen and oxygen atoms in total. The number of unbranched alkanes of at least 4 members (excludes halogenated alkanes) is 3. The molecule has 0 aromatic heterocycles. The van der Waals surface area contributed by atoms with Gasteiger partial charge in [-0.05, 0) is 30.9 Å². The average molecular weight is 278 g/mol. The summed E-state index contributed by atoms with van der Waals surface area (Å²) in [5, 5.41) is 11.0. The van der Waals surface area contributed by atoms with E-state index >= 15 is 0 Å². The molecule has 0 heterocycles. The summed E-state index contributed by atoms with van der Waals surface area (Å²) < 4.78 is 0. The molecule has 1 aromatic carbocycles. The first kappa shape index (κ1) is 16.2. The van der Waals surface area contributed by atoms with Gasteiger partial charge in [-0.1, -0.05) is 31.0 Å².